The van der Waals surface area contributed by atoms with Crippen LogP contribution in [0.4, 0.5) is 0 Å². The summed E-state index contributed by atoms with van der Waals surface area (Å²) in [7, 11) is 1.32. The molecule has 1 unspecified atom stereocenters. The van der Waals surface area contributed by atoms with Crippen molar-refractivity contribution in [1.82, 2.24) is 4.90 Å². The summed E-state index contributed by atoms with van der Waals surface area (Å²) in [5.74, 6) is 0.0294. The molecule has 1 fully saturated rings. The number of likely N-dealkylation sites (tertiary alicyclic amines) is 1. The van der Waals surface area contributed by atoms with Crippen molar-refractivity contribution in [3.8, 4) is 17.1 Å². The maximum atomic E-state index is 12.6. The van der Waals surface area contributed by atoms with Gasteiger partial charge in [-0.05, 0) is 36.8 Å². The normalized spacial score (nSPS) is 15.8. The van der Waals surface area contributed by atoms with Gasteiger partial charge in [-0.1, -0.05) is 33.6 Å². The second-order valence-corrected chi connectivity index (χ2v) is 9.02. The monoisotopic (exact) mass is 533 g/mol. The van der Waals surface area contributed by atoms with Gasteiger partial charge in [0.05, 0.1) is 35.6 Å². The van der Waals surface area contributed by atoms with Crippen LogP contribution in [0.1, 0.15) is 12.8 Å². The predicted octanol–water partition coefficient (Wildman–Crippen LogP) is 4.67. The van der Waals surface area contributed by atoms with Gasteiger partial charge in [-0.3, -0.25) is 14.4 Å². The van der Waals surface area contributed by atoms with E-state index in [1.54, 1.807) is 35.2 Å². The summed E-state index contributed by atoms with van der Waals surface area (Å²) in [5.41, 5.74) is 0.735. The number of hydrogen-bond acceptors (Lipinski definition) is 6. The van der Waals surface area contributed by atoms with Crippen LogP contribution in [0.3, 0.4) is 0 Å². The van der Waals surface area contributed by atoms with Crippen LogP contribution in [-0.2, 0) is 14.3 Å². The Bertz CT molecular complexity index is 1270. The maximum Gasteiger partial charge on any atom is 0.310 e. The lowest BCUT2D eigenvalue weighted by atomic mass is 10.1. The van der Waals surface area contributed by atoms with Gasteiger partial charge in [0, 0.05) is 30.0 Å². The zero-order chi connectivity index (χ0) is 23.5. The van der Waals surface area contributed by atoms with Gasteiger partial charge in [0.1, 0.15) is 11.5 Å². The van der Waals surface area contributed by atoms with E-state index in [0.717, 1.165) is 4.47 Å². The Morgan fingerprint density at radius 3 is 2.85 bits per heavy atom. The molecule has 3 aromatic rings. The molecule has 1 aromatic heterocycles. The van der Waals surface area contributed by atoms with E-state index in [2.05, 4.69) is 15.9 Å². The molecular formula is C24H21BrClNO6. The van der Waals surface area contributed by atoms with E-state index in [0.29, 0.717) is 59.2 Å². The molecule has 0 aliphatic carbocycles. The summed E-state index contributed by atoms with van der Waals surface area (Å²) in [5, 5.41) is 0.762. The molecule has 4 rings (SSSR count). The number of esters is 1. The third-order valence-corrected chi connectivity index (χ3v) is 6.29. The van der Waals surface area contributed by atoms with E-state index in [1.807, 2.05) is 6.07 Å². The molecule has 2 aromatic carbocycles. The number of ether oxygens (including phenoxy) is 2. The zero-order valence-corrected chi connectivity index (χ0v) is 20.1. The summed E-state index contributed by atoms with van der Waals surface area (Å²) in [6, 6.07) is 11.9. The average molecular weight is 535 g/mol. The highest BCUT2D eigenvalue weighted by Gasteiger charge is 2.34. The molecule has 1 aliphatic heterocycles. The molecule has 0 N–H and O–H groups in total. The summed E-state index contributed by atoms with van der Waals surface area (Å²) >= 11 is 9.68. The highest BCUT2D eigenvalue weighted by atomic mass is 79.9. The fraction of sp³-hybridized carbons (Fsp3) is 0.292. The number of carbonyl (C=O) groups is 2. The van der Waals surface area contributed by atoms with Gasteiger partial charge >= 0.3 is 5.97 Å². The lowest BCUT2D eigenvalue weighted by Gasteiger charge is -2.17. The number of hydrogen-bond donors (Lipinski definition) is 0. The number of benzene rings is 2. The van der Waals surface area contributed by atoms with Gasteiger partial charge in [0.25, 0.3) is 0 Å². The van der Waals surface area contributed by atoms with Gasteiger partial charge in [-0.15, -0.1) is 0 Å². The van der Waals surface area contributed by atoms with Crippen LogP contribution in [0.25, 0.3) is 22.3 Å². The van der Waals surface area contributed by atoms with Crippen molar-refractivity contribution in [2.24, 2.45) is 5.92 Å². The van der Waals surface area contributed by atoms with Gasteiger partial charge < -0.3 is 18.8 Å². The Morgan fingerprint density at radius 1 is 1.24 bits per heavy atom. The predicted molar refractivity (Wildman–Crippen MR) is 127 cm³/mol. The number of fused-ring (bicyclic) bond motifs is 1. The Kier molecular flexibility index (Phi) is 7.05. The molecule has 7 nitrogen and oxygen atoms in total. The maximum absolute atomic E-state index is 12.6. The Balaban J connectivity index is 1.48. The van der Waals surface area contributed by atoms with Gasteiger partial charge in [0.15, 0.2) is 11.0 Å². The molecule has 1 aliphatic rings. The summed E-state index contributed by atoms with van der Waals surface area (Å²) < 4.78 is 17.5. The van der Waals surface area contributed by atoms with E-state index in [-0.39, 0.29) is 23.7 Å². The van der Waals surface area contributed by atoms with Crippen LogP contribution < -0.4 is 10.2 Å². The molecule has 1 saturated heterocycles. The number of nitrogens with zero attached hydrogens (tertiary/aromatic N) is 1. The van der Waals surface area contributed by atoms with Gasteiger partial charge in [0.2, 0.25) is 5.91 Å². The molecule has 33 heavy (non-hydrogen) atoms. The zero-order valence-electron chi connectivity index (χ0n) is 17.8. The highest BCUT2D eigenvalue weighted by Crippen LogP contribution is 2.34. The molecule has 0 bridgehead atoms. The molecule has 0 spiro atoms. The number of carbonyl (C=O) groups excluding carboxylic acids is 2. The third kappa shape index (κ3) is 5.07. The first kappa shape index (κ1) is 23.3. The first-order valence-electron chi connectivity index (χ1n) is 10.4. The fourth-order valence-electron chi connectivity index (χ4n) is 3.85. The SMILES string of the molecule is COC(=O)C1CC(=O)N(CCCOc2cc(Br)ccc2-c2cc(=O)c3cccc(Cl)c3o2)C1. The number of halogens is 2. The molecular weight excluding hydrogens is 514 g/mol. The number of rotatable bonds is 7. The smallest absolute Gasteiger partial charge is 0.310 e. The molecule has 172 valence electrons. The van der Waals surface area contributed by atoms with E-state index in [9.17, 15) is 14.4 Å². The number of methoxy groups -OCH3 is 1. The summed E-state index contributed by atoms with van der Waals surface area (Å²) in [6.45, 7) is 1.15. The van der Waals surface area contributed by atoms with Crippen molar-refractivity contribution in [3.05, 3.63) is 62.2 Å². The van der Waals surface area contributed by atoms with Gasteiger partial charge in [-0.25, -0.2) is 0 Å². The third-order valence-electron chi connectivity index (χ3n) is 5.49. The first-order valence-corrected chi connectivity index (χ1v) is 11.5. The van der Waals surface area contributed by atoms with Crippen molar-refractivity contribution < 1.29 is 23.5 Å². The molecule has 0 saturated carbocycles. The molecule has 2 heterocycles. The lowest BCUT2D eigenvalue weighted by molar-refractivity contribution is -0.145. The van der Waals surface area contributed by atoms with Crippen LogP contribution >= 0.6 is 27.5 Å². The Hall–Kier alpha value is -2.84. The van der Waals surface area contributed by atoms with Crippen LogP contribution in [0.5, 0.6) is 5.75 Å². The minimum Gasteiger partial charge on any atom is -0.493 e. The standard InChI is InChI=1S/C24H21BrClNO6/c1-31-24(30)14-10-22(29)27(13-14)8-3-9-32-20-11-15(25)6-7-17(20)21-12-19(28)16-4-2-5-18(26)23(16)33-21/h2,4-7,11-12,14H,3,8-10,13H2,1H3. The van der Waals surface area contributed by atoms with Crippen molar-refractivity contribution in [2.75, 3.05) is 26.8 Å². The molecule has 9 heteroatoms. The summed E-state index contributed by atoms with van der Waals surface area (Å²) in [6.07, 6.45) is 0.742. The Labute approximate surface area is 203 Å². The molecule has 1 atom stereocenters. The number of amides is 1. The van der Waals surface area contributed by atoms with Crippen LogP contribution in [0.15, 0.2) is 56.1 Å². The average Bonchev–Trinajstić information content (AvgIpc) is 3.17. The minimum absolute atomic E-state index is 0.0663. The van der Waals surface area contributed by atoms with Crippen molar-refractivity contribution in [2.45, 2.75) is 12.8 Å². The number of para-hydroxylation sites is 1. The van der Waals surface area contributed by atoms with E-state index in [1.165, 1.54) is 13.2 Å². The highest BCUT2D eigenvalue weighted by molar-refractivity contribution is 9.10. The topological polar surface area (TPSA) is 86.0 Å². The minimum atomic E-state index is -0.414. The molecule has 1 amide bonds. The second kappa shape index (κ2) is 9.97. The van der Waals surface area contributed by atoms with Crippen molar-refractivity contribution in [1.29, 1.82) is 0 Å². The first-order chi connectivity index (χ1) is 15.9. The second-order valence-electron chi connectivity index (χ2n) is 7.70. The lowest BCUT2D eigenvalue weighted by Crippen LogP contribution is -2.28. The van der Waals surface area contributed by atoms with Crippen molar-refractivity contribution in [3.63, 3.8) is 0 Å². The van der Waals surface area contributed by atoms with E-state index < -0.39 is 5.92 Å². The van der Waals surface area contributed by atoms with Crippen LogP contribution in [0.2, 0.25) is 5.02 Å². The quantitative estimate of drug-likeness (QED) is 0.324. The summed E-state index contributed by atoms with van der Waals surface area (Å²) in [4.78, 5) is 38.1. The molecule has 0 radical (unpaired) electrons. The van der Waals surface area contributed by atoms with E-state index in [4.69, 9.17) is 25.5 Å². The van der Waals surface area contributed by atoms with E-state index >= 15 is 0 Å². The van der Waals surface area contributed by atoms with Crippen LogP contribution in [0, 0.1) is 5.92 Å². The Morgan fingerprint density at radius 2 is 2.06 bits per heavy atom. The fourth-order valence-corrected chi connectivity index (χ4v) is 4.40. The van der Waals surface area contributed by atoms with Crippen molar-refractivity contribution >= 4 is 50.4 Å². The van der Waals surface area contributed by atoms with Crippen LogP contribution in [-0.4, -0.2) is 43.6 Å². The van der Waals surface area contributed by atoms with Gasteiger partial charge in [-0.2, -0.15) is 0 Å². The largest absolute Gasteiger partial charge is 0.493 e.